The number of rotatable bonds is 3. The third-order valence-electron chi connectivity index (χ3n) is 3.86. The summed E-state index contributed by atoms with van der Waals surface area (Å²) in [5.74, 6) is 1.08. The van der Waals surface area contributed by atoms with Crippen molar-refractivity contribution in [2.75, 3.05) is 44.2 Å². The van der Waals surface area contributed by atoms with E-state index < -0.39 is 0 Å². The molecule has 0 unspecified atom stereocenters. The molecule has 0 spiro atoms. The van der Waals surface area contributed by atoms with E-state index in [1.165, 1.54) is 5.52 Å². The number of nitrogens with two attached hydrogens (primary N) is 1. The fraction of sp³-hybridized carbons (Fsp3) is 0.500. The Morgan fingerprint density at radius 1 is 1.16 bits per heavy atom. The number of piperazine rings is 1. The van der Waals surface area contributed by atoms with Gasteiger partial charge in [-0.2, -0.15) is 0 Å². The van der Waals surface area contributed by atoms with E-state index in [4.69, 9.17) is 10.7 Å². The molecule has 0 bridgehead atoms. The third kappa shape index (κ3) is 2.31. The minimum absolute atomic E-state index is 0.742. The molecule has 3 rings (SSSR count). The fourth-order valence-electron chi connectivity index (χ4n) is 2.77. The van der Waals surface area contributed by atoms with Crippen molar-refractivity contribution in [1.29, 1.82) is 0 Å². The zero-order valence-corrected chi connectivity index (χ0v) is 11.4. The van der Waals surface area contributed by atoms with Gasteiger partial charge in [-0.15, -0.1) is 0 Å². The maximum Gasteiger partial charge on any atom is 0.206 e. The summed E-state index contributed by atoms with van der Waals surface area (Å²) < 4.78 is 2.19. The van der Waals surface area contributed by atoms with Crippen molar-refractivity contribution in [2.24, 2.45) is 12.8 Å². The zero-order valence-electron chi connectivity index (χ0n) is 11.4. The van der Waals surface area contributed by atoms with E-state index in [1.807, 2.05) is 6.07 Å². The number of hydrogen-bond acceptors (Lipinski definition) is 4. The average molecular weight is 259 g/mol. The molecule has 0 atom stereocenters. The maximum absolute atomic E-state index is 5.61. The van der Waals surface area contributed by atoms with E-state index in [-0.39, 0.29) is 0 Å². The molecule has 0 aliphatic carbocycles. The van der Waals surface area contributed by atoms with Crippen LogP contribution in [0.1, 0.15) is 0 Å². The standard InChI is InChI=1S/C14H21N5/c1-17-13-5-3-2-4-12(13)16-14(17)19-10-8-18(7-6-15)9-11-19/h2-5H,6-11,15H2,1H3. The Bertz CT molecular complexity index is 554. The smallest absolute Gasteiger partial charge is 0.206 e. The van der Waals surface area contributed by atoms with Gasteiger partial charge < -0.3 is 15.2 Å². The van der Waals surface area contributed by atoms with Gasteiger partial charge in [-0.3, -0.25) is 4.90 Å². The van der Waals surface area contributed by atoms with Crippen molar-refractivity contribution in [2.45, 2.75) is 0 Å². The molecule has 1 aromatic heterocycles. The highest BCUT2D eigenvalue weighted by atomic mass is 15.3. The van der Waals surface area contributed by atoms with Crippen LogP contribution in [-0.4, -0.2) is 53.7 Å². The molecule has 5 heteroatoms. The van der Waals surface area contributed by atoms with E-state index in [9.17, 15) is 0 Å². The highest BCUT2D eigenvalue weighted by Crippen LogP contribution is 2.21. The second-order valence-corrected chi connectivity index (χ2v) is 5.08. The second kappa shape index (κ2) is 5.19. The van der Waals surface area contributed by atoms with Gasteiger partial charge in [-0.1, -0.05) is 12.1 Å². The number of nitrogens with zero attached hydrogens (tertiary/aromatic N) is 4. The fourth-order valence-corrected chi connectivity index (χ4v) is 2.77. The van der Waals surface area contributed by atoms with Gasteiger partial charge >= 0.3 is 0 Å². The van der Waals surface area contributed by atoms with E-state index in [0.717, 1.165) is 50.7 Å². The summed E-state index contributed by atoms with van der Waals surface area (Å²) in [5, 5.41) is 0. The van der Waals surface area contributed by atoms with Crippen LogP contribution in [0.5, 0.6) is 0 Å². The molecule has 102 valence electrons. The van der Waals surface area contributed by atoms with Crippen molar-refractivity contribution in [3.8, 4) is 0 Å². The lowest BCUT2D eigenvalue weighted by molar-refractivity contribution is 0.263. The first-order valence-corrected chi connectivity index (χ1v) is 6.88. The Balaban J connectivity index is 1.80. The van der Waals surface area contributed by atoms with Crippen LogP contribution < -0.4 is 10.6 Å². The van der Waals surface area contributed by atoms with Crippen LogP contribution in [0.25, 0.3) is 11.0 Å². The minimum Gasteiger partial charge on any atom is -0.340 e. The number of aryl methyl sites for hydroxylation is 1. The number of anilines is 1. The molecule has 0 radical (unpaired) electrons. The third-order valence-corrected chi connectivity index (χ3v) is 3.86. The van der Waals surface area contributed by atoms with Crippen molar-refractivity contribution in [1.82, 2.24) is 14.5 Å². The van der Waals surface area contributed by atoms with Crippen molar-refractivity contribution in [3.63, 3.8) is 0 Å². The van der Waals surface area contributed by atoms with Gasteiger partial charge in [0.25, 0.3) is 0 Å². The molecule has 0 amide bonds. The van der Waals surface area contributed by atoms with E-state index in [1.54, 1.807) is 0 Å². The lowest BCUT2D eigenvalue weighted by Gasteiger charge is -2.34. The van der Waals surface area contributed by atoms with Gasteiger partial charge in [0.2, 0.25) is 5.95 Å². The number of fused-ring (bicyclic) bond motifs is 1. The normalized spacial score (nSPS) is 17.3. The highest BCUT2D eigenvalue weighted by Gasteiger charge is 2.20. The van der Waals surface area contributed by atoms with E-state index in [0.29, 0.717) is 0 Å². The number of para-hydroxylation sites is 2. The van der Waals surface area contributed by atoms with E-state index in [2.05, 4.69) is 39.6 Å². The van der Waals surface area contributed by atoms with Gasteiger partial charge in [0.05, 0.1) is 11.0 Å². The molecule has 0 saturated carbocycles. The molecule has 1 aliphatic heterocycles. The van der Waals surface area contributed by atoms with Crippen LogP contribution in [0.15, 0.2) is 24.3 Å². The first-order valence-electron chi connectivity index (χ1n) is 6.88. The SMILES string of the molecule is Cn1c(N2CCN(CCN)CC2)nc2ccccc21. The zero-order chi connectivity index (χ0) is 13.2. The molecule has 1 saturated heterocycles. The van der Waals surface area contributed by atoms with Crippen molar-refractivity contribution < 1.29 is 0 Å². The van der Waals surface area contributed by atoms with Crippen LogP contribution in [0, 0.1) is 0 Å². The molecular formula is C14H21N5. The Morgan fingerprint density at radius 3 is 2.58 bits per heavy atom. The molecule has 5 nitrogen and oxygen atoms in total. The molecular weight excluding hydrogens is 238 g/mol. The first kappa shape index (κ1) is 12.4. The quantitative estimate of drug-likeness (QED) is 0.879. The first-order chi connectivity index (χ1) is 9.29. The summed E-state index contributed by atoms with van der Waals surface area (Å²) in [7, 11) is 2.09. The Labute approximate surface area is 113 Å². The van der Waals surface area contributed by atoms with Gasteiger partial charge in [-0.25, -0.2) is 4.98 Å². The van der Waals surface area contributed by atoms with Crippen molar-refractivity contribution in [3.05, 3.63) is 24.3 Å². The lowest BCUT2D eigenvalue weighted by atomic mass is 10.3. The van der Waals surface area contributed by atoms with Gasteiger partial charge in [0.15, 0.2) is 0 Å². The van der Waals surface area contributed by atoms with Crippen molar-refractivity contribution >= 4 is 17.0 Å². The number of benzene rings is 1. The van der Waals surface area contributed by atoms with E-state index >= 15 is 0 Å². The summed E-state index contributed by atoms with van der Waals surface area (Å²) in [6.45, 7) is 5.93. The molecule has 19 heavy (non-hydrogen) atoms. The number of imidazole rings is 1. The van der Waals surface area contributed by atoms with Gasteiger partial charge in [0.1, 0.15) is 0 Å². The molecule has 2 heterocycles. The van der Waals surface area contributed by atoms with Crippen LogP contribution in [0.2, 0.25) is 0 Å². The molecule has 2 aromatic rings. The topological polar surface area (TPSA) is 50.3 Å². The molecule has 1 aromatic carbocycles. The van der Waals surface area contributed by atoms with Crippen LogP contribution >= 0.6 is 0 Å². The van der Waals surface area contributed by atoms with Gasteiger partial charge in [0, 0.05) is 46.3 Å². The predicted octanol–water partition coefficient (Wildman–Crippen LogP) is 0.654. The Kier molecular flexibility index (Phi) is 3.40. The molecule has 2 N–H and O–H groups in total. The summed E-state index contributed by atoms with van der Waals surface area (Å²) in [6, 6.07) is 8.30. The maximum atomic E-state index is 5.61. The monoisotopic (exact) mass is 259 g/mol. The van der Waals surface area contributed by atoms with Crippen LogP contribution in [-0.2, 0) is 7.05 Å². The number of aromatic nitrogens is 2. The van der Waals surface area contributed by atoms with Crippen LogP contribution in [0.3, 0.4) is 0 Å². The largest absolute Gasteiger partial charge is 0.340 e. The lowest BCUT2D eigenvalue weighted by Crippen LogP contribution is -2.48. The second-order valence-electron chi connectivity index (χ2n) is 5.08. The summed E-state index contributed by atoms with van der Waals surface area (Å²) in [5.41, 5.74) is 7.88. The Hall–Kier alpha value is -1.59. The average Bonchev–Trinajstić information content (AvgIpc) is 2.78. The summed E-state index contributed by atoms with van der Waals surface area (Å²) >= 11 is 0. The minimum atomic E-state index is 0.742. The van der Waals surface area contributed by atoms with Crippen LogP contribution in [0.4, 0.5) is 5.95 Å². The summed E-state index contributed by atoms with van der Waals surface area (Å²) in [6.07, 6.45) is 0. The molecule has 1 fully saturated rings. The summed E-state index contributed by atoms with van der Waals surface area (Å²) in [4.78, 5) is 9.54. The molecule has 1 aliphatic rings. The van der Waals surface area contributed by atoms with Gasteiger partial charge in [-0.05, 0) is 12.1 Å². The number of hydrogen-bond donors (Lipinski definition) is 1. The highest BCUT2D eigenvalue weighted by molar-refractivity contribution is 5.78. The predicted molar refractivity (Wildman–Crippen MR) is 78.4 cm³/mol. The Morgan fingerprint density at radius 2 is 1.89 bits per heavy atom.